The molecular formula is C17H16BrFN2O2S2. The van der Waals surface area contributed by atoms with Crippen molar-refractivity contribution in [1.29, 1.82) is 0 Å². The molecule has 0 aliphatic heterocycles. The number of carbonyl (C=O) groups is 1. The van der Waals surface area contributed by atoms with E-state index in [1.54, 1.807) is 22.9 Å². The van der Waals surface area contributed by atoms with Crippen LogP contribution in [0.25, 0.3) is 0 Å². The molecule has 1 amide bonds. The fraction of sp³-hybridized carbons (Fsp3) is 0.176. The van der Waals surface area contributed by atoms with E-state index in [4.69, 9.17) is 5.21 Å². The van der Waals surface area contributed by atoms with Crippen LogP contribution in [0.15, 0.2) is 63.1 Å². The molecule has 0 aliphatic carbocycles. The summed E-state index contributed by atoms with van der Waals surface area (Å²) in [6, 6.07) is 13.7. The Morgan fingerprint density at radius 2 is 2.00 bits per heavy atom. The van der Waals surface area contributed by atoms with Crippen molar-refractivity contribution < 1.29 is 14.4 Å². The highest BCUT2D eigenvalue weighted by Gasteiger charge is 2.12. The molecule has 0 saturated carbocycles. The summed E-state index contributed by atoms with van der Waals surface area (Å²) < 4.78 is 13.7. The van der Waals surface area contributed by atoms with E-state index >= 15 is 0 Å². The first kappa shape index (κ1) is 19.8. The molecular weight excluding hydrogens is 427 g/mol. The van der Waals surface area contributed by atoms with Crippen LogP contribution in [0, 0.1) is 5.82 Å². The fourth-order valence-corrected chi connectivity index (χ4v) is 4.25. The van der Waals surface area contributed by atoms with E-state index in [1.807, 2.05) is 24.3 Å². The van der Waals surface area contributed by atoms with Gasteiger partial charge < -0.3 is 10.5 Å². The van der Waals surface area contributed by atoms with Gasteiger partial charge in [-0.25, -0.2) is 4.39 Å². The molecule has 0 unspecified atom stereocenters. The van der Waals surface area contributed by atoms with Gasteiger partial charge in [0, 0.05) is 28.1 Å². The largest absolute Gasteiger partial charge is 0.410 e. The van der Waals surface area contributed by atoms with E-state index in [1.165, 1.54) is 22.9 Å². The number of nitrogens with zero attached hydrogens (tertiary/aromatic N) is 1. The van der Waals surface area contributed by atoms with Gasteiger partial charge >= 0.3 is 0 Å². The normalized spacial score (nSPS) is 11.4. The van der Waals surface area contributed by atoms with Gasteiger partial charge in [-0.1, -0.05) is 54.8 Å². The van der Waals surface area contributed by atoms with Crippen LogP contribution in [0.1, 0.15) is 5.56 Å². The number of carbonyl (C=O) groups excluding carboxylic acids is 1. The highest BCUT2D eigenvalue weighted by atomic mass is 79.9. The average Bonchev–Trinajstić information content (AvgIpc) is 2.61. The Kier molecular flexibility index (Phi) is 8.30. The van der Waals surface area contributed by atoms with Gasteiger partial charge in [0.05, 0.1) is 0 Å². The van der Waals surface area contributed by atoms with Crippen molar-refractivity contribution in [2.24, 2.45) is 5.16 Å². The van der Waals surface area contributed by atoms with E-state index < -0.39 is 5.91 Å². The van der Waals surface area contributed by atoms with Crippen molar-refractivity contribution in [3.05, 3.63) is 64.4 Å². The van der Waals surface area contributed by atoms with Crippen LogP contribution in [-0.2, 0) is 11.2 Å². The molecule has 2 aromatic rings. The molecule has 2 N–H and O–H groups in total. The highest BCUT2D eigenvalue weighted by molar-refractivity contribution is 9.10. The Morgan fingerprint density at radius 3 is 2.68 bits per heavy atom. The Hall–Kier alpha value is -1.51. The molecule has 8 heteroatoms. The lowest BCUT2D eigenvalue weighted by molar-refractivity contribution is -0.114. The predicted octanol–water partition coefficient (Wildman–Crippen LogP) is 4.52. The quantitative estimate of drug-likeness (QED) is 0.207. The minimum atomic E-state index is -0.394. The summed E-state index contributed by atoms with van der Waals surface area (Å²) >= 11 is 3.36. The summed E-state index contributed by atoms with van der Waals surface area (Å²) in [7, 11) is 3.06. The van der Waals surface area contributed by atoms with Gasteiger partial charge in [-0.15, -0.1) is 0 Å². The summed E-state index contributed by atoms with van der Waals surface area (Å²) in [6.07, 6.45) is 0.249. The Bertz CT molecular complexity index is 742. The molecule has 2 aromatic carbocycles. The molecule has 0 spiro atoms. The lowest BCUT2D eigenvalue weighted by Gasteiger charge is -2.07. The first-order chi connectivity index (χ1) is 12.1. The maximum absolute atomic E-state index is 12.8. The first-order valence-corrected chi connectivity index (χ1v) is 10.5. The minimum Gasteiger partial charge on any atom is -0.410 e. The summed E-state index contributed by atoms with van der Waals surface area (Å²) in [5.41, 5.74) is 0.938. The average molecular weight is 443 g/mol. The molecule has 0 fully saturated rings. The molecule has 0 bridgehead atoms. The summed E-state index contributed by atoms with van der Waals surface area (Å²) in [5.74, 6) is 0.0151. The maximum atomic E-state index is 12.8. The third kappa shape index (κ3) is 7.09. The Balaban J connectivity index is 1.72. The lowest BCUT2D eigenvalue weighted by Crippen LogP contribution is -2.33. The van der Waals surface area contributed by atoms with Crippen molar-refractivity contribution >= 4 is 49.1 Å². The van der Waals surface area contributed by atoms with Crippen LogP contribution >= 0.6 is 37.5 Å². The van der Waals surface area contributed by atoms with Gasteiger partial charge in [-0.3, -0.25) is 4.79 Å². The topological polar surface area (TPSA) is 61.7 Å². The van der Waals surface area contributed by atoms with Gasteiger partial charge in [-0.2, -0.15) is 0 Å². The molecule has 0 atom stereocenters. The SMILES string of the molecule is O=C(NCCSSc1ccc(F)cc1)/C(Cc1cccc(Br)c1)=N\O. The van der Waals surface area contributed by atoms with Gasteiger partial charge in [-0.05, 0) is 42.0 Å². The number of amides is 1. The van der Waals surface area contributed by atoms with Gasteiger partial charge in [0.2, 0.25) is 0 Å². The summed E-state index contributed by atoms with van der Waals surface area (Å²) in [5, 5.41) is 14.9. The van der Waals surface area contributed by atoms with E-state index in [2.05, 4.69) is 26.4 Å². The van der Waals surface area contributed by atoms with E-state index in [0.717, 1.165) is 14.9 Å². The lowest BCUT2D eigenvalue weighted by atomic mass is 10.1. The van der Waals surface area contributed by atoms with Crippen molar-refractivity contribution in [2.45, 2.75) is 11.3 Å². The number of oxime groups is 1. The van der Waals surface area contributed by atoms with Crippen molar-refractivity contribution in [3.63, 3.8) is 0 Å². The van der Waals surface area contributed by atoms with Crippen LogP contribution < -0.4 is 5.32 Å². The number of halogens is 2. The second-order valence-corrected chi connectivity index (χ2v) is 8.37. The van der Waals surface area contributed by atoms with Crippen molar-refractivity contribution in [1.82, 2.24) is 5.32 Å². The summed E-state index contributed by atoms with van der Waals surface area (Å²) in [4.78, 5) is 13.0. The third-order valence-electron chi connectivity index (χ3n) is 3.08. The molecule has 0 aliphatic rings. The predicted molar refractivity (Wildman–Crippen MR) is 105 cm³/mol. The number of hydrogen-bond acceptors (Lipinski definition) is 5. The molecule has 132 valence electrons. The fourth-order valence-electron chi connectivity index (χ4n) is 1.91. The van der Waals surface area contributed by atoms with Crippen LogP contribution in [0.5, 0.6) is 0 Å². The monoisotopic (exact) mass is 442 g/mol. The zero-order valence-electron chi connectivity index (χ0n) is 13.1. The molecule has 0 radical (unpaired) electrons. The van der Waals surface area contributed by atoms with Gasteiger partial charge in [0.1, 0.15) is 11.5 Å². The maximum Gasteiger partial charge on any atom is 0.269 e. The van der Waals surface area contributed by atoms with Crippen molar-refractivity contribution in [3.8, 4) is 0 Å². The first-order valence-electron chi connectivity index (χ1n) is 7.37. The number of rotatable bonds is 8. The number of nitrogens with one attached hydrogen (secondary N) is 1. The van der Waals surface area contributed by atoms with Crippen molar-refractivity contribution in [2.75, 3.05) is 12.3 Å². The molecule has 0 saturated heterocycles. The molecule has 25 heavy (non-hydrogen) atoms. The van der Waals surface area contributed by atoms with E-state index in [9.17, 15) is 9.18 Å². The van der Waals surface area contributed by atoms with Crippen LogP contribution in [0.3, 0.4) is 0 Å². The number of hydrogen-bond donors (Lipinski definition) is 2. The second-order valence-electron chi connectivity index (χ2n) is 4.97. The number of benzene rings is 2. The zero-order valence-corrected chi connectivity index (χ0v) is 16.3. The minimum absolute atomic E-state index is 0.0642. The molecule has 2 rings (SSSR count). The zero-order chi connectivity index (χ0) is 18.1. The van der Waals surface area contributed by atoms with Gasteiger partial charge in [0.25, 0.3) is 5.91 Å². The second kappa shape index (κ2) is 10.5. The summed E-state index contributed by atoms with van der Waals surface area (Å²) in [6.45, 7) is 0.440. The van der Waals surface area contributed by atoms with Crippen LogP contribution in [0.4, 0.5) is 4.39 Å². The Labute approximate surface area is 161 Å². The molecule has 0 aromatic heterocycles. The Morgan fingerprint density at radius 1 is 1.24 bits per heavy atom. The van der Waals surface area contributed by atoms with Gasteiger partial charge in [0.15, 0.2) is 0 Å². The molecule has 4 nitrogen and oxygen atoms in total. The highest BCUT2D eigenvalue weighted by Crippen LogP contribution is 2.30. The van der Waals surface area contributed by atoms with E-state index in [0.29, 0.717) is 12.3 Å². The standard InChI is InChI=1S/C17H16BrFN2O2S2/c18-13-3-1-2-12(10-13)11-16(21-23)17(22)20-8-9-24-25-15-6-4-14(19)5-7-15/h1-7,10,23H,8-9,11H2,(H,20,22)/b21-16-. The molecule has 0 heterocycles. The third-order valence-corrected chi connectivity index (χ3v) is 5.96. The van der Waals surface area contributed by atoms with Crippen LogP contribution in [-0.4, -0.2) is 29.1 Å². The van der Waals surface area contributed by atoms with E-state index in [-0.39, 0.29) is 17.9 Å². The smallest absolute Gasteiger partial charge is 0.269 e. The van der Waals surface area contributed by atoms with Crippen LogP contribution in [0.2, 0.25) is 0 Å².